The molecular weight excluding hydrogens is 256 g/mol. The molecule has 18 heavy (non-hydrogen) atoms. The van der Waals surface area contributed by atoms with Gasteiger partial charge in [0, 0.05) is 26.0 Å². The minimum atomic E-state index is -0.401. The van der Waals surface area contributed by atoms with Gasteiger partial charge in [-0.05, 0) is 0 Å². The lowest BCUT2D eigenvalue weighted by Crippen LogP contribution is -2.31. The Bertz CT molecular complexity index is 251. The number of primary amides is 1. The van der Waals surface area contributed by atoms with Crippen LogP contribution in [0.3, 0.4) is 0 Å². The van der Waals surface area contributed by atoms with Crippen molar-refractivity contribution in [1.82, 2.24) is 5.32 Å². The van der Waals surface area contributed by atoms with E-state index in [9.17, 15) is 4.79 Å². The van der Waals surface area contributed by atoms with Crippen molar-refractivity contribution in [1.29, 1.82) is 0 Å². The zero-order chi connectivity index (χ0) is 13.8. The van der Waals surface area contributed by atoms with E-state index in [-0.39, 0.29) is 12.7 Å². The molecule has 1 radical (unpaired) electrons. The van der Waals surface area contributed by atoms with Crippen molar-refractivity contribution in [2.75, 3.05) is 40.3 Å². The molecule has 0 spiro atoms. The molecule has 0 bridgehead atoms. The Morgan fingerprint density at radius 3 is 2.67 bits per heavy atom. The van der Waals surface area contributed by atoms with Gasteiger partial charge < -0.3 is 25.3 Å². The van der Waals surface area contributed by atoms with Crippen molar-refractivity contribution in [3.8, 4) is 0 Å². The van der Waals surface area contributed by atoms with Crippen molar-refractivity contribution in [2.24, 2.45) is 11.7 Å². The Hall–Kier alpha value is -0.760. The number of ether oxygens (including phenoxy) is 3. The lowest BCUT2D eigenvalue weighted by molar-refractivity contribution is -0.120. The molecule has 0 saturated heterocycles. The molecule has 105 valence electrons. The Labute approximate surface area is 113 Å². The van der Waals surface area contributed by atoms with Gasteiger partial charge in [-0.2, -0.15) is 0 Å². The van der Waals surface area contributed by atoms with Crippen LogP contribution in [0.2, 0.25) is 0 Å². The molecule has 1 atom stereocenters. The van der Waals surface area contributed by atoms with Gasteiger partial charge >= 0.3 is 0 Å². The van der Waals surface area contributed by atoms with E-state index in [1.165, 1.54) is 0 Å². The van der Waals surface area contributed by atoms with Crippen LogP contribution >= 0.6 is 12.2 Å². The van der Waals surface area contributed by atoms with E-state index in [2.05, 4.69) is 5.32 Å². The number of carbonyl (C=O) groups excluding carboxylic acids is 1. The molecule has 0 aromatic heterocycles. The Morgan fingerprint density at radius 1 is 1.39 bits per heavy atom. The zero-order valence-corrected chi connectivity index (χ0v) is 11.6. The summed E-state index contributed by atoms with van der Waals surface area (Å²) < 4.78 is 15.1. The first-order valence-electron chi connectivity index (χ1n) is 5.64. The van der Waals surface area contributed by atoms with Gasteiger partial charge in [-0.1, -0.05) is 19.1 Å². The summed E-state index contributed by atoms with van der Waals surface area (Å²) in [7, 11) is 1.61. The summed E-state index contributed by atoms with van der Waals surface area (Å²) in [5.41, 5.74) is 5.11. The minimum absolute atomic E-state index is 0.221. The molecule has 0 aromatic carbocycles. The third-order valence-electron chi connectivity index (χ3n) is 1.99. The zero-order valence-electron chi connectivity index (χ0n) is 10.8. The fraction of sp³-hybridized carbons (Fsp3) is 0.727. The monoisotopic (exact) mass is 277 g/mol. The number of nitrogens with two attached hydrogens (primary N) is 1. The van der Waals surface area contributed by atoms with E-state index in [0.29, 0.717) is 31.4 Å². The quantitative estimate of drug-likeness (QED) is 0.311. The van der Waals surface area contributed by atoms with Crippen LogP contribution in [0.25, 0.3) is 0 Å². The smallest absolute Gasteiger partial charge is 0.220 e. The van der Waals surface area contributed by atoms with E-state index < -0.39 is 5.91 Å². The van der Waals surface area contributed by atoms with Crippen LogP contribution < -0.4 is 11.1 Å². The van der Waals surface area contributed by atoms with Crippen LogP contribution in [-0.2, 0) is 19.0 Å². The normalized spacial score (nSPS) is 12.1. The molecule has 0 fully saturated rings. The van der Waals surface area contributed by atoms with Crippen molar-refractivity contribution in [2.45, 2.75) is 6.92 Å². The molecule has 7 heteroatoms. The number of rotatable bonds is 11. The van der Waals surface area contributed by atoms with Gasteiger partial charge in [-0.15, -0.1) is 0 Å². The van der Waals surface area contributed by atoms with E-state index in [1.807, 2.05) is 0 Å². The molecule has 1 unspecified atom stereocenters. The summed E-state index contributed by atoms with van der Waals surface area (Å²) in [5, 5.41) is 2.93. The van der Waals surface area contributed by atoms with Gasteiger partial charge in [-0.3, -0.25) is 4.79 Å². The third kappa shape index (κ3) is 10.4. The highest BCUT2D eigenvalue weighted by Gasteiger charge is 2.11. The molecular formula is C11H21N2O4S. The summed E-state index contributed by atoms with van der Waals surface area (Å²) in [6, 6.07) is 0. The van der Waals surface area contributed by atoms with Gasteiger partial charge in [0.05, 0.1) is 24.8 Å². The maximum Gasteiger partial charge on any atom is 0.220 e. The molecule has 0 saturated carbocycles. The number of thiocarbonyl (C=S) groups is 1. The molecule has 0 aliphatic carbocycles. The van der Waals surface area contributed by atoms with Gasteiger partial charge in [-0.25, -0.2) is 0 Å². The van der Waals surface area contributed by atoms with Crippen LogP contribution in [0, 0.1) is 12.3 Å². The van der Waals surface area contributed by atoms with Gasteiger partial charge in [0.1, 0.15) is 6.79 Å². The van der Waals surface area contributed by atoms with Crippen LogP contribution in [0.1, 0.15) is 6.92 Å². The third-order valence-corrected chi connectivity index (χ3v) is 2.27. The number of methoxy groups -OCH3 is 1. The highest BCUT2D eigenvalue weighted by Crippen LogP contribution is 1.99. The molecule has 0 aliphatic rings. The van der Waals surface area contributed by atoms with E-state index >= 15 is 0 Å². The van der Waals surface area contributed by atoms with E-state index in [0.717, 1.165) is 0 Å². The number of hydrogen-bond acceptors (Lipinski definition) is 5. The molecule has 0 aromatic rings. The average Bonchev–Trinajstić information content (AvgIpc) is 2.32. The molecule has 3 N–H and O–H groups in total. The number of amides is 1. The SMILES string of the molecule is COCCOCOCCNC(=S)[CH]C(C)C(N)=O. The Balaban J connectivity index is 3.33. The number of hydrogen-bond donors (Lipinski definition) is 2. The first-order valence-corrected chi connectivity index (χ1v) is 6.05. The van der Waals surface area contributed by atoms with E-state index in [4.69, 9.17) is 32.2 Å². The second kappa shape index (κ2) is 11.3. The largest absolute Gasteiger partial charge is 0.382 e. The van der Waals surface area contributed by atoms with Gasteiger partial charge in [0.25, 0.3) is 0 Å². The van der Waals surface area contributed by atoms with Crippen LogP contribution in [0.5, 0.6) is 0 Å². The lowest BCUT2D eigenvalue weighted by Gasteiger charge is -2.11. The van der Waals surface area contributed by atoms with Crippen molar-refractivity contribution >= 4 is 23.1 Å². The predicted octanol–water partition coefficient (Wildman–Crippen LogP) is -0.134. The molecule has 0 rings (SSSR count). The summed E-state index contributed by atoms with van der Waals surface area (Å²) in [5.74, 6) is -0.773. The molecule has 0 aliphatic heterocycles. The van der Waals surface area contributed by atoms with Crippen LogP contribution in [-0.4, -0.2) is 51.2 Å². The van der Waals surface area contributed by atoms with Crippen molar-refractivity contribution in [3.05, 3.63) is 6.42 Å². The van der Waals surface area contributed by atoms with Crippen molar-refractivity contribution in [3.63, 3.8) is 0 Å². The fourth-order valence-corrected chi connectivity index (χ4v) is 1.24. The number of nitrogens with one attached hydrogen (secondary N) is 1. The maximum atomic E-state index is 10.8. The highest BCUT2D eigenvalue weighted by atomic mass is 32.1. The van der Waals surface area contributed by atoms with E-state index in [1.54, 1.807) is 20.5 Å². The maximum absolute atomic E-state index is 10.8. The summed E-state index contributed by atoms with van der Waals surface area (Å²) in [4.78, 5) is 11.3. The minimum Gasteiger partial charge on any atom is -0.382 e. The molecule has 1 amide bonds. The standard InChI is InChI=1S/C11H21N2O4S/c1-9(11(12)14)7-10(18)13-3-4-16-8-17-6-5-15-2/h7,9H,3-6,8H2,1-2H3,(H2,12,14)(H,13,18). The second-order valence-corrected chi connectivity index (χ2v) is 4.02. The Morgan fingerprint density at radius 2 is 2.06 bits per heavy atom. The number of carbonyl (C=O) groups is 1. The summed E-state index contributed by atoms with van der Waals surface area (Å²) >= 11 is 5.01. The second-order valence-electron chi connectivity index (χ2n) is 3.58. The summed E-state index contributed by atoms with van der Waals surface area (Å²) in [6.45, 7) is 3.98. The predicted molar refractivity (Wildman–Crippen MR) is 71.9 cm³/mol. The van der Waals surface area contributed by atoms with Gasteiger partial charge in [0.2, 0.25) is 5.91 Å². The van der Waals surface area contributed by atoms with Crippen molar-refractivity contribution < 1.29 is 19.0 Å². The molecule has 0 heterocycles. The highest BCUT2D eigenvalue weighted by molar-refractivity contribution is 7.80. The Kier molecular flexibility index (Phi) is 10.9. The van der Waals surface area contributed by atoms with Crippen LogP contribution in [0.4, 0.5) is 0 Å². The average molecular weight is 277 g/mol. The molecule has 6 nitrogen and oxygen atoms in total. The first-order chi connectivity index (χ1) is 8.57. The van der Waals surface area contributed by atoms with Crippen LogP contribution in [0.15, 0.2) is 0 Å². The van der Waals surface area contributed by atoms with Gasteiger partial charge in [0.15, 0.2) is 0 Å². The summed E-state index contributed by atoms with van der Waals surface area (Å²) in [6.07, 6.45) is 1.60. The topological polar surface area (TPSA) is 82.8 Å². The lowest BCUT2D eigenvalue weighted by atomic mass is 10.1. The fourth-order valence-electron chi connectivity index (χ4n) is 0.934. The first kappa shape index (κ1) is 17.2.